The van der Waals surface area contributed by atoms with E-state index in [2.05, 4.69) is 0 Å². The molecule has 1 fully saturated rings. The molecule has 2 rings (SSSR count). The van der Waals surface area contributed by atoms with Gasteiger partial charge in [-0.1, -0.05) is 49.6 Å². The molecule has 0 radical (unpaired) electrons. The molecule has 0 saturated heterocycles. The van der Waals surface area contributed by atoms with Crippen molar-refractivity contribution in [3.8, 4) is 0 Å². The van der Waals surface area contributed by atoms with Gasteiger partial charge >= 0.3 is 0 Å². The van der Waals surface area contributed by atoms with Crippen molar-refractivity contribution in [1.82, 2.24) is 4.90 Å². The Hall–Kier alpha value is -1.39. The molecule has 0 N–H and O–H groups in total. The molecule has 0 unspecified atom stereocenters. The Bertz CT molecular complexity index is 429. The van der Waals surface area contributed by atoms with Crippen LogP contribution in [0.15, 0.2) is 30.3 Å². The van der Waals surface area contributed by atoms with Crippen molar-refractivity contribution >= 4 is 5.91 Å². The summed E-state index contributed by atoms with van der Waals surface area (Å²) in [5, 5.41) is 0. The summed E-state index contributed by atoms with van der Waals surface area (Å²) in [6.45, 7) is 1.93. The number of amides is 1. The summed E-state index contributed by atoms with van der Waals surface area (Å²) in [7, 11) is 1.66. The number of methoxy groups -OCH3 is 1. The Labute approximate surface area is 133 Å². The van der Waals surface area contributed by atoms with Crippen LogP contribution in [-0.4, -0.2) is 43.8 Å². The minimum absolute atomic E-state index is 0.0477. The first kappa shape index (κ1) is 17.0. The highest BCUT2D eigenvalue weighted by Crippen LogP contribution is 2.20. The lowest BCUT2D eigenvalue weighted by Crippen LogP contribution is -2.37. The van der Waals surface area contributed by atoms with Crippen molar-refractivity contribution in [2.24, 2.45) is 0 Å². The fourth-order valence-electron chi connectivity index (χ4n) is 2.81. The first-order valence-electron chi connectivity index (χ1n) is 8.22. The van der Waals surface area contributed by atoms with E-state index in [0.717, 1.165) is 18.4 Å². The molecule has 1 aromatic carbocycles. The van der Waals surface area contributed by atoms with E-state index in [1.165, 1.54) is 19.3 Å². The van der Waals surface area contributed by atoms with Gasteiger partial charge in [0, 0.05) is 20.2 Å². The van der Waals surface area contributed by atoms with Gasteiger partial charge in [0.1, 0.15) is 6.61 Å². The lowest BCUT2D eigenvalue weighted by Gasteiger charge is -2.26. The smallest absolute Gasteiger partial charge is 0.248 e. The Kier molecular flexibility index (Phi) is 7.40. The molecule has 0 bridgehead atoms. The second kappa shape index (κ2) is 9.59. The molecule has 1 aliphatic rings. The lowest BCUT2D eigenvalue weighted by atomic mass is 9.98. The zero-order valence-electron chi connectivity index (χ0n) is 13.5. The van der Waals surface area contributed by atoms with E-state index >= 15 is 0 Å². The van der Waals surface area contributed by atoms with E-state index in [4.69, 9.17) is 9.47 Å². The van der Waals surface area contributed by atoms with Crippen molar-refractivity contribution in [3.63, 3.8) is 0 Å². The van der Waals surface area contributed by atoms with Crippen molar-refractivity contribution in [1.29, 1.82) is 0 Å². The van der Waals surface area contributed by atoms with Gasteiger partial charge in [-0.2, -0.15) is 0 Å². The molecule has 1 amide bonds. The summed E-state index contributed by atoms with van der Waals surface area (Å²) in [5.41, 5.74) is 1.13. The van der Waals surface area contributed by atoms with E-state index in [9.17, 15) is 4.79 Å². The highest BCUT2D eigenvalue weighted by Gasteiger charge is 2.18. The summed E-state index contributed by atoms with van der Waals surface area (Å²) >= 11 is 0. The van der Waals surface area contributed by atoms with Crippen LogP contribution < -0.4 is 0 Å². The standard InChI is InChI=1S/C18H27NO3/c1-21-13-12-19(14-16-8-4-2-5-9-16)18(20)15-22-17-10-6-3-7-11-17/h2,4-5,8-9,17H,3,6-7,10-15H2,1H3. The topological polar surface area (TPSA) is 38.8 Å². The van der Waals surface area contributed by atoms with Crippen molar-refractivity contribution < 1.29 is 14.3 Å². The molecule has 1 aliphatic carbocycles. The van der Waals surface area contributed by atoms with E-state index in [1.54, 1.807) is 7.11 Å². The van der Waals surface area contributed by atoms with Crippen LogP contribution in [-0.2, 0) is 20.8 Å². The number of carbonyl (C=O) groups is 1. The molecule has 4 nitrogen and oxygen atoms in total. The molecule has 1 aromatic rings. The zero-order valence-corrected chi connectivity index (χ0v) is 13.5. The van der Waals surface area contributed by atoms with E-state index in [1.807, 2.05) is 35.2 Å². The van der Waals surface area contributed by atoms with Gasteiger partial charge in [0.2, 0.25) is 5.91 Å². The van der Waals surface area contributed by atoms with Crippen LogP contribution in [0.1, 0.15) is 37.7 Å². The normalized spacial score (nSPS) is 15.7. The maximum Gasteiger partial charge on any atom is 0.248 e. The Morgan fingerprint density at radius 2 is 1.91 bits per heavy atom. The average Bonchev–Trinajstić information content (AvgIpc) is 2.58. The minimum Gasteiger partial charge on any atom is -0.383 e. The number of carbonyl (C=O) groups excluding carboxylic acids is 1. The molecular formula is C18H27NO3. The molecule has 0 heterocycles. The summed E-state index contributed by atoms with van der Waals surface area (Å²) in [4.78, 5) is 14.3. The molecule has 0 spiro atoms. The third-order valence-electron chi connectivity index (χ3n) is 4.13. The Balaban J connectivity index is 1.84. The molecule has 22 heavy (non-hydrogen) atoms. The van der Waals surface area contributed by atoms with E-state index in [-0.39, 0.29) is 18.6 Å². The van der Waals surface area contributed by atoms with E-state index in [0.29, 0.717) is 19.7 Å². The van der Waals surface area contributed by atoms with Gasteiger partial charge in [0.25, 0.3) is 0 Å². The summed E-state index contributed by atoms with van der Waals surface area (Å²) in [5.74, 6) is 0.0477. The van der Waals surface area contributed by atoms with Gasteiger partial charge in [0.15, 0.2) is 0 Å². The highest BCUT2D eigenvalue weighted by atomic mass is 16.5. The third-order valence-corrected chi connectivity index (χ3v) is 4.13. The summed E-state index contributed by atoms with van der Waals surface area (Å²) < 4.78 is 10.9. The number of rotatable bonds is 8. The average molecular weight is 305 g/mol. The molecule has 1 saturated carbocycles. The maximum atomic E-state index is 12.4. The van der Waals surface area contributed by atoms with Crippen LogP contribution in [0.2, 0.25) is 0 Å². The number of ether oxygens (including phenoxy) is 2. The molecule has 0 atom stereocenters. The number of benzene rings is 1. The molecule has 4 heteroatoms. The number of hydrogen-bond donors (Lipinski definition) is 0. The highest BCUT2D eigenvalue weighted by molar-refractivity contribution is 5.77. The Morgan fingerprint density at radius 3 is 2.59 bits per heavy atom. The van der Waals surface area contributed by atoms with Crippen LogP contribution in [0.5, 0.6) is 0 Å². The fraction of sp³-hybridized carbons (Fsp3) is 0.611. The van der Waals surface area contributed by atoms with Gasteiger partial charge in [0.05, 0.1) is 12.7 Å². The number of hydrogen-bond acceptors (Lipinski definition) is 3. The SMILES string of the molecule is COCCN(Cc1ccccc1)C(=O)COC1CCCCC1. The largest absolute Gasteiger partial charge is 0.383 e. The van der Waals surface area contributed by atoms with Gasteiger partial charge in [-0.3, -0.25) is 4.79 Å². The second-order valence-electron chi connectivity index (χ2n) is 5.86. The lowest BCUT2D eigenvalue weighted by molar-refractivity contribution is -0.140. The first-order valence-corrected chi connectivity index (χ1v) is 8.22. The summed E-state index contributed by atoms with van der Waals surface area (Å²) in [6, 6.07) is 10.0. The second-order valence-corrected chi connectivity index (χ2v) is 5.86. The van der Waals surface area contributed by atoms with Crippen LogP contribution >= 0.6 is 0 Å². The molecule has 122 valence electrons. The third kappa shape index (κ3) is 5.78. The first-order chi connectivity index (χ1) is 10.8. The molecule has 0 aliphatic heterocycles. The Morgan fingerprint density at radius 1 is 1.18 bits per heavy atom. The van der Waals surface area contributed by atoms with Crippen LogP contribution in [0.4, 0.5) is 0 Å². The predicted molar refractivity (Wildman–Crippen MR) is 86.6 cm³/mol. The van der Waals surface area contributed by atoms with Crippen molar-refractivity contribution in [3.05, 3.63) is 35.9 Å². The van der Waals surface area contributed by atoms with Crippen LogP contribution in [0.25, 0.3) is 0 Å². The minimum atomic E-state index is 0.0477. The van der Waals surface area contributed by atoms with Crippen molar-refractivity contribution in [2.75, 3.05) is 26.9 Å². The zero-order chi connectivity index (χ0) is 15.6. The monoisotopic (exact) mass is 305 g/mol. The van der Waals surface area contributed by atoms with Crippen LogP contribution in [0, 0.1) is 0 Å². The van der Waals surface area contributed by atoms with Gasteiger partial charge in [-0.25, -0.2) is 0 Å². The van der Waals surface area contributed by atoms with Gasteiger partial charge in [-0.05, 0) is 18.4 Å². The number of nitrogens with zero attached hydrogens (tertiary/aromatic N) is 1. The quantitative estimate of drug-likeness (QED) is 0.741. The molecular weight excluding hydrogens is 278 g/mol. The molecule has 0 aromatic heterocycles. The predicted octanol–water partition coefficient (Wildman–Crippen LogP) is 3.01. The van der Waals surface area contributed by atoms with Crippen molar-refractivity contribution in [2.45, 2.75) is 44.8 Å². The maximum absolute atomic E-state index is 12.4. The van der Waals surface area contributed by atoms with Gasteiger partial charge in [-0.15, -0.1) is 0 Å². The summed E-state index contributed by atoms with van der Waals surface area (Å²) in [6.07, 6.45) is 6.17. The fourth-order valence-corrected chi connectivity index (χ4v) is 2.81. The van der Waals surface area contributed by atoms with Crippen LogP contribution in [0.3, 0.4) is 0 Å². The van der Waals surface area contributed by atoms with Gasteiger partial charge < -0.3 is 14.4 Å². The van der Waals surface area contributed by atoms with E-state index < -0.39 is 0 Å².